The second kappa shape index (κ2) is 8.19. The molecule has 28 heavy (non-hydrogen) atoms. The first-order chi connectivity index (χ1) is 13.5. The number of carbonyl (C=O) groups is 2. The van der Waals surface area contributed by atoms with Crippen molar-refractivity contribution in [1.82, 2.24) is 0 Å². The van der Waals surface area contributed by atoms with Crippen molar-refractivity contribution in [1.29, 1.82) is 5.26 Å². The van der Waals surface area contributed by atoms with Crippen LogP contribution in [-0.4, -0.2) is 32.6 Å². The standard InChI is InChI=1S/C20H18ClN3O4/c1-27-17-9-16(18(28-2)8-14(17)21)24-11-13(7-19(24)25)20(26)23-15-6-4-3-5-12(15)10-22/h3-6,8-9,13H,7,11H2,1-2H3,(H,23,26). The molecule has 1 N–H and O–H groups in total. The van der Waals surface area contributed by atoms with Crippen LogP contribution >= 0.6 is 11.6 Å². The number of para-hydroxylation sites is 1. The summed E-state index contributed by atoms with van der Waals surface area (Å²) in [5.74, 6) is -0.281. The minimum Gasteiger partial charge on any atom is -0.495 e. The molecule has 2 aromatic rings. The Labute approximate surface area is 167 Å². The fourth-order valence-electron chi connectivity index (χ4n) is 3.10. The molecule has 0 bridgehead atoms. The minimum atomic E-state index is -0.564. The molecule has 1 unspecified atom stereocenters. The summed E-state index contributed by atoms with van der Waals surface area (Å²) in [7, 11) is 2.96. The molecule has 7 nitrogen and oxygen atoms in total. The SMILES string of the molecule is COc1cc(N2CC(C(=O)Nc3ccccc3C#N)CC2=O)c(OC)cc1Cl. The van der Waals surface area contributed by atoms with Gasteiger partial charge in [-0.05, 0) is 12.1 Å². The topological polar surface area (TPSA) is 91.7 Å². The van der Waals surface area contributed by atoms with Crippen molar-refractivity contribution in [3.63, 3.8) is 0 Å². The van der Waals surface area contributed by atoms with Crippen LogP contribution in [0.15, 0.2) is 36.4 Å². The molecule has 1 fully saturated rings. The van der Waals surface area contributed by atoms with Crippen LogP contribution in [0.25, 0.3) is 0 Å². The number of rotatable bonds is 5. The Balaban J connectivity index is 1.82. The molecule has 1 saturated heterocycles. The van der Waals surface area contributed by atoms with Crippen LogP contribution < -0.4 is 19.7 Å². The van der Waals surface area contributed by atoms with Gasteiger partial charge in [0.05, 0.1) is 42.1 Å². The van der Waals surface area contributed by atoms with E-state index >= 15 is 0 Å². The number of hydrogen-bond donors (Lipinski definition) is 1. The molecular weight excluding hydrogens is 382 g/mol. The first kappa shape index (κ1) is 19.5. The molecule has 0 radical (unpaired) electrons. The highest BCUT2D eigenvalue weighted by atomic mass is 35.5. The Kier molecular flexibility index (Phi) is 5.71. The lowest BCUT2D eigenvalue weighted by atomic mass is 10.1. The van der Waals surface area contributed by atoms with E-state index in [0.29, 0.717) is 33.5 Å². The summed E-state index contributed by atoms with van der Waals surface area (Å²) < 4.78 is 10.6. The molecule has 0 saturated carbocycles. The monoisotopic (exact) mass is 399 g/mol. The van der Waals surface area contributed by atoms with E-state index in [9.17, 15) is 9.59 Å². The molecule has 2 aromatic carbocycles. The molecule has 0 spiro atoms. The molecule has 1 heterocycles. The molecule has 0 aliphatic carbocycles. The van der Waals surface area contributed by atoms with Gasteiger partial charge >= 0.3 is 0 Å². The van der Waals surface area contributed by atoms with E-state index in [4.69, 9.17) is 26.3 Å². The van der Waals surface area contributed by atoms with Crippen LogP contribution in [0, 0.1) is 17.2 Å². The summed E-state index contributed by atoms with van der Waals surface area (Å²) in [6.07, 6.45) is 0.0502. The number of amides is 2. The number of nitrogens with one attached hydrogen (secondary N) is 1. The van der Waals surface area contributed by atoms with Crippen molar-refractivity contribution >= 4 is 34.8 Å². The maximum atomic E-state index is 12.7. The molecule has 1 aliphatic heterocycles. The van der Waals surface area contributed by atoms with E-state index in [0.717, 1.165) is 0 Å². The quantitative estimate of drug-likeness (QED) is 0.833. The largest absolute Gasteiger partial charge is 0.495 e. The van der Waals surface area contributed by atoms with E-state index in [-0.39, 0.29) is 24.8 Å². The Bertz CT molecular complexity index is 970. The summed E-state index contributed by atoms with van der Waals surface area (Å²) in [4.78, 5) is 26.7. The van der Waals surface area contributed by atoms with Crippen molar-refractivity contribution in [2.45, 2.75) is 6.42 Å². The van der Waals surface area contributed by atoms with Crippen LogP contribution in [0.5, 0.6) is 11.5 Å². The second-order valence-corrected chi connectivity index (χ2v) is 6.62. The lowest BCUT2D eigenvalue weighted by Crippen LogP contribution is -2.28. The van der Waals surface area contributed by atoms with E-state index in [2.05, 4.69) is 5.32 Å². The van der Waals surface area contributed by atoms with Crippen molar-refractivity contribution in [2.75, 3.05) is 31.0 Å². The van der Waals surface area contributed by atoms with Gasteiger partial charge in [0.2, 0.25) is 11.8 Å². The highest BCUT2D eigenvalue weighted by Gasteiger charge is 2.37. The van der Waals surface area contributed by atoms with Gasteiger partial charge in [-0.2, -0.15) is 5.26 Å². The van der Waals surface area contributed by atoms with Crippen molar-refractivity contribution in [3.8, 4) is 17.6 Å². The molecule has 2 amide bonds. The number of hydrogen-bond acceptors (Lipinski definition) is 5. The number of methoxy groups -OCH3 is 2. The van der Waals surface area contributed by atoms with E-state index < -0.39 is 5.92 Å². The number of ether oxygens (including phenoxy) is 2. The van der Waals surface area contributed by atoms with Gasteiger partial charge in [-0.15, -0.1) is 0 Å². The van der Waals surface area contributed by atoms with Crippen LogP contribution in [0.3, 0.4) is 0 Å². The lowest BCUT2D eigenvalue weighted by Gasteiger charge is -2.21. The van der Waals surface area contributed by atoms with Gasteiger partial charge in [0.15, 0.2) is 0 Å². The van der Waals surface area contributed by atoms with E-state index in [1.54, 1.807) is 36.4 Å². The average Bonchev–Trinajstić information content (AvgIpc) is 3.09. The van der Waals surface area contributed by atoms with Gasteiger partial charge in [-0.1, -0.05) is 23.7 Å². The molecule has 0 aromatic heterocycles. The highest BCUT2D eigenvalue weighted by molar-refractivity contribution is 6.32. The summed E-state index contributed by atoms with van der Waals surface area (Å²) in [6, 6.07) is 11.9. The molecular formula is C20H18ClN3O4. The molecule has 8 heteroatoms. The first-order valence-corrected chi connectivity index (χ1v) is 8.88. The fraction of sp³-hybridized carbons (Fsp3) is 0.250. The van der Waals surface area contributed by atoms with E-state index in [1.165, 1.54) is 19.1 Å². The summed E-state index contributed by atoms with van der Waals surface area (Å²) in [6.45, 7) is 0.181. The first-order valence-electron chi connectivity index (χ1n) is 8.50. The van der Waals surface area contributed by atoms with Crippen molar-refractivity contribution in [3.05, 3.63) is 47.0 Å². The number of carbonyl (C=O) groups excluding carboxylic acids is 2. The average molecular weight is 400 g/mol. The predicted molar refractivity (Wildman–Crippen MR) is 105 cm³/mol. The zero-order chi connectivity index (χ0) is 20.3. The molecule has 144 valence electrons. The molecule has 1 aliphatic rings. The Morgan fingerprint density at radius 3 is 2.64 bits per heavy atom. The Hall–Kier alpha value is -3.24. The Morgan fingerprint density at radius 1 is 1.25 bits per heavy atom. The van der Waals surface area contributed by atoms with Crippen molar-refractivity contribution < 1.29 is 19.1 Å². The second-order valence-electron chi connectivity index (χ2n) is 6.21. The smallest absolute Gasteiger partial charge is 0.229 e. The zero-order valence-corrected chi connectivity index (χ0v) is 16.1. The zero-order valence-electron chi connectivity index (χ0n) is 15.4. The van der Waals surface area contributed by atoms with Gasteiger partial charge in [-0.25, -0.2) is 0 Å². The van der Waals surface area contributed by atoms with Crippen LogP contribution in [-0.2, 0) is 9.59 Å². The van der Waals surface area contributed by atoms with E-state index in [1.807, 2.05) is 6.07 Å². The van der Waals surface area contributed by atoms with Crippen molar-refractivity contribution in [2.24, 2.45) is 5.92 Å². The third-order valence-electron chi connectivity index (χ3n) is 4.55. The Morgan fingerprint density at radius 2 is 1.96 bits per heavy atom. The van der Waals surface area contributed by atoms with Crippen LogP contribution in [0.2, 0.25) is 5.02 Å². The maximum absolute atomic E-state index is 12.7. The number of nitriles is 1. The van der Waals surface area contributed by atoms with Gasteiger partial charge in [0.1, 0.15) is 17.6 Å². The fourth-order valence-corrected chi connectivity index (χ4v) is 3.33. The number of anilines is 2. The lowest BCUT2D eigenvalue weighted by molar-refractivity contribution is -0.122. The minimum absolute atomic E-state index is 0.0502. The third kappa shape index (κ3) is 3.73. The number of halogens is 1. The summed E-state index contributed by atoms with van der Waals surface area (Å²) in [5, 5.41) is 12.3. The van der Waals surface area contributed by atoms with Gasteiger partial charge in [0.25, 0.3) is 0 Å². The normalized spacial score (nSPS) is 15.9. The number of nitrogens with zero attached hydrogens (tertiary/aromatic N) is 2. The predicted octanol–water partition coefficient (Wildman–Crippen LogP) is 3.22. The number of benzene rings is 2. The van der Waals surface area contributed by atoms with Crippen LogP contribution in [0.1, 0.15) is 12.0 Å². The third-order valence-corrected chi connectivity index (χ3v) is 4.84. The summed E-state index contributed by atoms with van der Waals surface area (Å²) >= 11 is 6.12. The highest BCUT2D eigenvalue weighted by Crippen LogP contribution is 2.40. The van der Waals surface area contributed by atoms with Gasteiger partial charge in [0, 0.05) is 25.1 Å². The van der Waals surface area contributed by atoms with Gasteiger partial charge < -0.3 is 19.7 Å². The van der Waals surface area contributed by atoms with Crippen LogP contribution in [0.4, 0.5) is 11.4 Å². The van der Waals surface area contributed by atoms with Gasteiger partial charge in [-0.3, -0.25) is 9.59 Å². The summed E-state index contributed by atoms with van der Waals surface area (Å²) in [5.41, 5.74) is 1.27. The maximum Gasteiger partial charge on any atom is 0.229 e. The molecule has 3 rings (SSSR count). The molecule has 1 atom stereocenters.